The van der Waals surface area contributed by atoms with Crippen molar-refractivity contribution in [2.24, 2.45) is 23.0 Å². The van der Waals surface area contributed by atoms with Crippen LogP contribution in [0.3, 0.4) is 0 Å². The Kier molecular flexibility index (Phi) is 4.48. The molecule has 2 rings (SSSR count). The summed E-state index contributed by atoms with van der Waals surface area (Å²) in [4.78, 5) is 2.69. The first kappa shape index (κ1) is 13.4. The molecule has 2 aliphatic rings. The van der Waals surface area contributed by atoms with E-state index in [2.05, 4.69) is 18.7 Å². The summed E-state index contributed by atoms with van der Waals surface area (Å²) < 4.78 is 0. The van der Waals surface area contributed by atoms with E-state index in [9.17, 15) is 0 Å². The zero-order valence-electron chi connectivity index (χ0n) is 11.8. The minimum atomic E-state index is 0.448. The SMILES string of the molecule is CC1CCC(CN)(CN2CCCC(C)C2)CC1. The number of hydrogen-bond donors (Lipinski definition) is 1. The molecule has 1 heterocycles. The van der Waals surface area contributed by atoms with E-state index in [0.29, 0.717) is 5.41 Å². The molecule has 1 aliphatic carbocycles. The lowest BCUT2D eigenvalue weighted by molar-refractivity contribution is 0.0710. The quantitative estimate of drug-likeness (QED) is 0.819. The predicted molar refractivity (Wildman–Crippen MR) is 74.0 cm³/mol. The standard InChI is InChI=1S/C15H30N2/c1-13-5-7-15(11-16,8-6-13)12-17-9-3-4-14(2)10-17/h13-14H,3-12,16H2,1-2H3. The lowest BCUT2D eigenvalue weighted by Crippen LogP contribution is -2.47. The first-order chi connectivity index (χ1) is 8.13. The smallest absolute Gasteiger partial charge is 0.00502 e. The van der Waals surface area contributed by atoms with Crippen LogP contribution in [-0.4, -0.2) is 31.1 Å². The van der Waals surface area contributed by atoms with Gasteiger partial charge in [0.05, 0.1) is 0 Å². The van der Waals surface area contributed by atoms with Crippen LogP contribution in [0.15, 0.2) is 0 Å². The molecule has 1 saturated heterocycles. The number of hydrogen-bond acceptors (Lipinski definition) is 2. The van der Waals surface area contributed by atoms with Crippen LogP contribution in [0.4, 0.5) is 0 Å². The molecular formula is C15H30N2. The van der Waals surface area contributed by atoms with Crippen molar-refractivity contribution in [1.29, 1.82) is 0 Å². The molecule has 1 atom stereocenters. The summed E-state index contributed by atoms with van der Waals surface area (Å²) in [6, 6.07) is 0. The highest BCUT2D eigenvalue weighted by Crippen LogP contribution is 2.39. The molecule has 0 radical (unpaired) electrons. The molecule has 0 spiro atoms. The second-order valence-corrected chi connectivity index (χ2v) is 6.87. The van der Waals surface area contributed by atoms with Gasteiger partial charge in [-0.2, -0.15) is 0 Å². The Bertz CT molecular complexity index is 231. The summed E-state index contributed by atoms with van der Waals surface area (Å²) >= 11 is 0. The van der Waals surface area contributed by atoms with Crippen LogP contribution < -0.4 is 5.73 Å². The molecule has 1 saturated carbocycles. The molecule has 0 amide bonds. The molecule has 2 heteroatoms. The van der Waals surface area contributed by atoms with Gasteiger partial charge in [-0.25, -0.2) is 0 Å². The summed E-state index contributed by atoms with van der Waals surface area (Å²) in [6.45, 7) is 9.55. The van der Waals surface area contributed by atoms with E-state index < -0.39 is 0 Å². The maximum atomic E-state index is 6.11. The van der Waals surface area contributed by atoms with E-state index in [1.165, 1.54) is 58.2 Å². The monoisotopic (exact) mass is 238 g/mol. The van der Waals surface area contributed by atoms with Gasteiger partial charge in [0.15, 0.2) is 0 Å². The minimum Gasteiger partial charge on any atom is -0.330 e. The molecule has 0 bridgehead atoms. The minimum absolute atomic E-state index is 0.448. The summed E-state index contributed by atoms with van der Waals surface area (Å²) in [5, 5.41) is 0. The molecule has 100 valence electrons. The van der Waals surface area contributed by atoms with E-state index >= 15 is 0 Å². The third kappa shape index (κ3) is 3.45. The molecule has 17 heavy (non-hydrogen) atoms. The van der Waals surface area contributed by atoms with Crippen LogP contribution in [0.25, 0.3) is 0 Å². The highest BCUT2D eigenvalue weighted by Gasteiger charge is 2.35. The van der Waals surface area contributed by atoms with Crippen LogP contribution in [0.5, 0.6) is 0 Å². The van der Waals surface area contributed by atoms with Gasteiger partial charge in [0, 0.05) is 13.1 Å². The first-order valence-electron chi connectivity index (χ1n) is 7.56. The van der Waals surface area contributed by atoms with Crippen molar-refractivity contribution < 1.29 is 0 Å². The van der Waals surface area contributed by atoms with Crippen LogP contribution in [0.2, 0.25) is 0 Å². The van der Waals surface area contributed by atoms with Crippen molar-refractivity contribution in [2.45, 2.75) is 52.4 Å². The maximum absolute atomic E-state index is 6.11. The molecule has 2 fully saturated rings. The molecule has 0 aromatic rings. The van der Waals surface area contributed by atoms with E-state index in [-0.39, 0.29) is 0 Å². The van der Waals surface area contributed by atoms with Gasteiger partial charge >= 0.3 is 0 Å². The summed E-state index contributed by atoms with van der Waals surface area (Å²) in [7, 11) is 0. The number of rotatable bonds is 3. The molecule has 1 aliphatic heterocycles. The van der Waals surface area contributed by atoms with Gasteiger partial charge in [0.1, 0.15) is 0 Å². The Labute approximate surface area is 107 Å². The van der Waals surface area contributed by atoms with Gasteiger partial charge < -0.3 is 10.6 Å². The van der Waals surface area contributed by atoms with Gasteiger partial charge in [-0.15, -0.1) is 0 Å². The summed E-state index contributed by atoms with van der Waals surface area (Å²) in [5.74, 6) is 1.82. The number of likely N-dealkylation sites (tertiary alicyclic amines) is 1. The van der Waals surface area contributed by atoms with Crippen molar-refractivity contribution in [3.05, 3.63) is 0 Å². The van der Waals surface area contributed by atoms with Crippen molar-refractivity contribution >= 4 is 0 Å². The maximum Gasteiger partial charge on any atom is 0.00502 e. The van der Waals surface area contributed by atoms with E-state index in [0.717, 1.165) is 18.4 Å². The average molecular weight is 238 g/mol. The molecule has 1 unspecified atom stereocenters. The van der Waals surface area contributed by atoms with Crippen molar-refractivity contribution in [2.75, 3.05) is 26.2 Å². The molecular weight excluding hydrogens is 208 g/mol. The van der Waals surface area contributed by atoms with Gasteiger partial charge in [-0.1, -0.05) is 26.7 Å². The predicted octanol–water partition coefficient (Wildman–Crippen LogP) is 2.87. The highest BCUT2D eigenvalue weighted by atomic mass is 15.1. The van der Waals surface area contributed by atoms with Crippen LogP contribution in [-0.2, 0) is 0 Å². The topological polar surface area (TPSA) is 29.3 Å². The Balaban J connectivity index is 1.90. The van der Waals surface area contributed by atoms with Gasteiger partial charge in [0.25, 0.3) is 0 Å². The van der Waals surface area contributed by atoms with Gasteiger partial charge in [-0.05, 0) is 56.0 Å². The lowest BCUT2D eigenvalue weighted by Gasteiger charge is -2.44. The summed E-state index contributed by atoms with van der Waals surface area (Å²) in [6.07, 6.45) is 8.30. The molecule has 0 aromatic heterocycles. The van der Waals surface area contributed by atoms with E-state index in [1.54, 1.807) is 0 Å². The zero-order valence-corrected chi connectivity index (χ0v) is 11.8. The Hall–Kier alpha value is -0.0800. The normalized spacial score (nSPS) is 40.4. The third-order valence-electron chi connectivity index (χ3n) is 5.07. The van der Waals surface area contributed by atoms with Crippen LogP contribution in [0.1, 0.15) is 52.4 Å². The number of nitrogens with two attached hydrogens (primary N) is 1. The molecule has 2 N–H and O–H groups in total. The van der Waals surface area contributed by atoms with E-state index in [1.807, 2.05) is 0 Å². The second-order valence-electron chi connectivity index (χ2n) is 6.87. The fraction of sp³-hybridized carbons (Fsp3) is 1.00. The van der Waals surface area contributed by atoms with Crippen molar-refractivity contribution in [3.8, 4) is 0 Å². The Morgan fingerprint density at radius 2 is 1.82 bits per heavy atom. The molecule has 0 aromatic carbocycles. The lowest BCUT2D eigenvalue weighted by atomic mass is 9.70. The van der Waals surface area contributed by atoms with Crippen LogP contribution in [0, 0.1) is 17.3 Å². The van der Waals surface area contributed by atoms with Crippen molar-refractivity contribution in [1.82, 2.24) is 4.90 Å². The van der Waals surface area contributed by atoms with Crippen LogP contribution >= 0.6 is 0 Å². The zero-order chi connectivity index (χ0) is 12.3. The summed E-state index contributed by atoms with van der Waals surface area (Å²) in [5.41, 5.74) is 6.56. The van der Waals surface area contributed by atoms with E-state index in [4.69, 9.17) is 5.73 Å². The number of piperidine rings is 1. The second kappa shape index (κ2) is 5.71. The Morgan fingerprint density at radius 1 is 1.12 bits per heavy atom. The fourth-order valence-electron chi connectivity index (χ4n) is 3.71. The first-order valence-corrected chi connectivity index (χ1v) is 7.56. The largest absolute Gasteiger partial charge is 0.330 e. The average Bonchev–Trinajstić information content (AvgIpc) is 2.33. The third-order valence-corrected chi connectivity index (χ3v) is 5.07. The molecule has 2 nitrogen and oxygen atoms in total. The van der Waals surface area contributed by atoms with Crippen molar-refractivity contribution in [3.63, 3.8) is 0 Å². The fourth-order valence-corrected chi connectivity index (χ4v) is 3.71. The van der Waals surface area contributed by atoms with Gasteiger partial charge in [-0.3, -0.25) is 0 Å². The van der Waals surface area contributed by atoms with Gasteiger partial charge in [0.2, 0.25) is 0 Å². The highest BCUT2D eigenvalue weighted by molar-refractivity contribution is 4.89. The number of nitrogens with zero attached hydrogens (tertiary/aromatic N) is 1. The Morgan fingerprint density at radius 3 is 2.41 bits per heavy atom.